The van der Waals surface area contributed by atoms with E-state index >= 15 is 0 Å². The van der Waals surface area contributed by atoms with Gasteiger partial charge in [-0.15, -0.1) is 0 Å². The summed E-state index contributed by atoms with van der Waals surface area (Å²) in [7, 11) is 0. The van der Waals surface area contributed by atoms with Crippen LogP contribution in [0.4, 0.5) is 0 Å². The molecular weight excluding hydrogens is 360 g/mol. The largest absolute Gasteiger partial charge is 0.456 e. The zero-order valence-corrected chi connectivity index (χ0v) is 14.5. The molecule has 4 rings (SSSR count). The van der Waals surface area contributed by atoms with E-state index in [1.54, 1.807) is 0 Å². The zero-order chi connectivity index (χ0) is 16.4. The molecule has 0 bridgehead atoms. The third-order valence-electron chi connectivity index (χ3n) is 4.00. The standard InChI is InChI=1S/C22H15BrO/c23-18-11-12-19(20(15-18)16-7-3-1-4-8-16)22-14-13-21(24-22)17-9-5-2-6-10-17/h1-15H. The minimum absolute atomic E-state index is 0.875. The molecule has 0 spiro atoms. The molecule has 0 N–H and O–H groups in total. The van der Waals surface area contributed by atoms with Crippen molar-refractivity contribution in [1.82, 2.24) is 0 Å². The third kappa shape index (κ3) is 2.93. The highest BCUT2D eigenvalue weighted by Gasteiger charge is 2.12. The quantitative estimate of drug-likeness (QED) is 0.374. The number of benzene rings is 3. The molecule has 0 fully saturated rings. The molecule has 24 heavy (non-hydrogen) atoms. The van der Waals surface area contributed by atoms with E-state index in [1.165, 1.54) is 5.56 Å². The molecule has 116 valence electrons. The van der Waals surface area contributed by atoms with Crippen LogP contribution in [-0.2, 0) is 0 Å². The lowest BCUT2D eigenvalue weighted by molar-refractivity contribution is 0.597. The summed E-state index contributed by atoms with van der Waals surface area (Å²) >= 11 is 3.58. The van der Waals surface area contributed by atoms with Crippen LogP contribution in [0.1, 0.15) is 0 Å². The summed E-state index contributed by atoms with van der Waals surface area (Å²) in [5.74, 6) is 1.76. The lowest BCUT2D eigenvalue weighted by Crippen LogP contribution is -1.84. The molecule has 2 heteroatoms. The van der Waals surface area contributed by atoms with Gasteiger partial charge in [0.2, 0.25) is 0 Å². The molecule has 0 atom stereocenters. The first kappa shape index (κ1) is 15.0. The summed E-state index contributed by atoms with van der Waals surface area (Å²) in [6.45, 7) is 0. The van der Waals surface area contributed by atoms with E-state index < -0.39 is 0 Å². The first-order chi connectivity index (χ1) is 11.8. The summed E-state index contributed by atoms with van der Waals surface area (Å²) in [5.41, 5.74) is 4.50. The summed E-state index contributed by atoms with van der Waals surface area (Å²) in [5, 5.41) is 0. The molecule has 0 unspecified atom stereocenters. The van der Waals surface area contributed by atoms with Gasteiger partial charge >= 0.3 is 0 Å². The molecule has 0 saturated carbocycles. The van der Waals surface area contributed by atoms with Gasteiger partial charge in [0.1, 0.15) is 11.5 Å². The van der Waals surface area contributed by atoms with Crippen LogP contribution in [0.3, 0.4) is 0 Å². The monoisotopic (exact) mass is 374 g/mol. The molecular formula is C22H15BrO. The fraction of sp³-hybridized carbons (Fsp3) is 0. The average molecular weight is 375 g/mol. The number of halogens is 1. The molecule has 1 nitrogen and oxygen atoms in total. The highest BCUT2D eigenvalue weighted by Crippen LogP contribution is 2.36. The maximum Gasteiger partial charge on any atom is 0.135 e. The maximum absolute atomic E-state index is 6.14. The topological polar surface area (TPSA) is 13.1 Å². The van der Waals surface area contributed by atoms with Gasteiger partial charge in [-0.2, -0.15) is 0 Å². The van der Waals surface area contributed by atoms with E-state index in [2.05, 4.69) is 64.5 Å². The Kier molecular flexibility index (Phi) is 4.06. The van der Waals surface area contributed by atoms with Crippen LogP contribution in [-0.4, -0.2) is 0 Å². The molecule has 0 aliphatic heterocycles. The van der Waals surface area contributed by atoms with Crippen LogP contribution in [0.15, 0.2) is 99.9 Å². The first-order valence-electron chi connectivity index (χ1n) is 7.82. The Labute approximate surface area is 149 Å². The zero-order valence-electron chi connectivity index (χ0n) is 12.9. The van der Waals surface area contributed by atoms with Gasteiger partial charge in [-0.25, -0.2) is 0 Å². The van der Waals surface area contributed by atoms with Crippen molar-refractivity contribution in [3.05, 3.63) is 95.5 Å². The van der Waals surface area contributed by atoms with Crippen molar-refractivity contribution < 1.29 is 4.42 Å². The van der Waals surface area contributed by atoms with Gasteiger partial charge in [0.25, 0.3) is 0 Å². The smallest absolute Gasteiger partial charge is 0.135 e. The highest BCUT2D eigenvalue weighted by molar-refractivity contribution is 9.10. The fourth-order valence-corrected chi connectivity index (χ4v) is 3.19. The van der Waals surface area contributed by atoms with E-state index in [0.717, 1.165) is 32.7 Å². The van der Waals surface area contributed by atoms with Crippen LogP contribution in [0.2, 0.25) is 0 Å². The minimum atomic E-state index is 0.875. The Morgan fingerprint density at radius 3 is 1.88 bits per heavy atom. The Hall–Kier alpha value is -2.58. The lowest BCUT2D eigenvalue weighted by atomic mass is 9.98. The van der Waals surface area contributed by atoms with E-state index in [9.17, 15) is 0 Å². The maximum atomic E-state index is 6.14. The van der Waals surface area contributed by atoms with Gasteiger partial charge < -0.3 is 4.42 Å². The molecule has 1 aromatic heterocycles. The van der Waals surface area contributed by atoms with Crippen LogP contribution in [0.25, 0.3) is 33.8 Å². The van der Waals surface area contributed by atoms with Crippen molar-refractivity contribution in [3.63, 3.8) is 0 Å². The molecule has 0 radical (unpaired) electrons. The van der Waals surface area contributed by atoms with Crippen LogP contribution >= 0.6 is 15.9 Å². The number of furan rings is 1. The molecule has 0 amide bonds. The van der Waals surface area contributed by atoms with Crippen LogP contribution in [0.5, 0.6) is 0 Å². The van der Waals surface area contributed by atoms with Crippen molar-refractivity contribution in [2.24, 2.45) is 0 Å². The van der Waals surface area contributed by atoms with Crippen LogP contribution < -0.4 is 0 Å². The Balaban J connectivity index is 1.82. The molecule has 0 saturated heterocycles. The molecule has 1 heterocycles. The predicted octanol–water partition coefficient (Wildman–Crippen LogP) is 7.04. The normalized spacial score (nSPS) is 10.7. The average Bonchev–Trinajstić information content (AvgIpc) is 3.13. The van der Waals surface area contributed by atoms with E-state index in [1.807, 2.05) is 42.5 Å². The number of hydrogen-bond donors (Lipinski definition) is 0. The molecule has 3 aromatic carbocycles. The fourth-order valence-electron chi connectivity index (χ4n) is 2.83. The van der Waals surface area contributed by atoms with Gasteiger partial charge in [-0.05, 0) is 41.5 Å². The second-order valence-corrected chi connectivity index (χ2v) is 6.50. The van der Waals surface area contributed by atoms with Gasteiger partial charge in [0.05, 0.1) is 0 Å². The number of rotatable bonds is 3. The van der Waals surface area contributed by atoms with Crippen molar-refractivity contribution in [2.75, 3.05) is 0 Å². The number of hydrogen-bond acceptors (Lipinski definition) is 1. The van der Waals surface area contributed by atoms with Crippen molar-refractivity contribution >= 4 is 15.9 Å². The Morgan fingerprint density at radius 1 is 0.542 bits per heavy atom. The summed E-state index contributed by atoms with van der Waals surface area (Å²) < 4.78 is 7.20. The summed E-state index contributed by atoms with van der Waals surface area (Å²) in [6, 6.07) is 30.9. The van der Waals surface area contributed by atoms with Crippen molar-refractivity contribution in [3.8, 4) is 33.8 Å². The molecule has 0 aliphatic carbocycles. The minimum Gasteiger partial charge on any atom is -0.456 e. The van der Waals surface area contributed by atoms with Crippen molar-refractivity contribution in [2.45, 2.75) is 0 Å². The summed E-state index contributed by atoms with van der Waals surface area (Å²) in [6.07, 6.45) is 0. The Morgan fingerprint density at radius 2 is 1.17 bits per heavy atom. The van der Waals surface area contributed by atoms with E-state index in [0.29, 0.717) is 0 Å². The first-order valence-corrected chi connectivity index (χ1v) is 8.61. The second kappa shape index (κ2) is 6.50. The Bertz CT molecular complexity index is 956. The molecule has 0 aliphatic rings. The highest BCUT2D eigenvalue weighted by atomic mass is 79.9. The summed E-state index contributed by atoms with van der Waals surface area (Å²) in [4.78, 5) is 0. The van der Waals surface area contributed by atoms with Gasteiger partial charge in [0.15, 0.2) is 0 Å². The van der Waals surface area contributed by atoms with Crippen LogP contribution in [0, 0.1) is 0 Å². The van der Waals surface area contributed by atoms with E-state index in [4.69, 9.17) is 4.42 Å². The third-order valence-corrected chi connectivity index (χ3v) is 4.49. The SMILES string of the molecule is Brc1ccc(-c2ccc(-c3ccccc3)o2)c(-c2ccccc2)c1. The second-order valence-electron chi connectivity index (χ2n) is 5.59. The van der Waals surface area contributed by atoms with Gasteiger partial charge in [0, 0.05) is 15.6 Å². The lowest BCUT2D eigenvalue weighted by Gasteiger charge is -2.09. The van der Waals surface area contributed by atoms with Gasteiger partial charge in [-0.3, -0.25) is 0 Å². The molecule has 4 aromatic rings. The van der Waals surface area contributed by atoms with Gasteiger partial charge in [-0.1, -0.05) is 76.6 Å². The predicted molar refractivity (Wildman–Crippen MR) is 103 cm³/mol. The van der Waals surface area contributed by atoms with Crippen molar-refractivity contribution in [1.29, 1.82) is 0 Å². The van der Waals surface area contributed by atoms with E-state index in [-0.39, 0.29) is 0 Å².